The van der Waals surface area contributed by atoms with Gasteiger partial charge in [0.25, 0.3) is 0 Å². The van der Waals surface area contributed by atoms with Crippen LogP contribution in [0.1, 0.15) is 5.56 Å². The van der Waals surface area contributed by atoms with E-state index < -0.39 is 0 Å². The second-order valence-corrected chi connectivity index (χ2v) is 3.19. The van der Waals surface area contributed by atoms with Crippen molar-refractivity contribution in [2.24, 2.45) is 5.73 Å². The van der Waals surface area contributed by atoms with Gasteiger partial charge in [0.05, 0.1) is 6.04 Å². The Morgan fingerprint density at radius 3 is 2.43 bits per heavy atom. The van der Waals surface area contributed by atoms with Gasteiger partial charge in [0.1, 0.15) is 0 Å². The van der Waals surface area contributed by atoms with Crippen LogP contribution in [0.25, 0.3) is 0 Å². The Kier molecular flexibility index (Phi) is 3.48. The molecule has 0 aliphatic carbocycles. The Bertz CT molecular complexity index is 308. The molecule has 0 aliphatic heterocycles. The third-order valence-corrected chi connectivity index (χ3v) is 2.11. The summed E-state index contributed by atoms with van der Waals surface area (Å²) >= 11 is 0. The summed E-state index contributed by atoms with van der Waals surface area (Å²) in [5, 5.41) is 2.86. The van der Waals surface area contributed by atoms with Crippen molar-refractivity contribution >= 4 is 11.6 Å². The zero-order valence-corrected chi connectivity index (χ0v) is 8.16. The van der Waals surface area contributed by atoms with Crippen LogP contribution in [-0.2, 0) is 11.2 Å². The molecule has 0 radical (unpaired) electrons. The summed E-state index contributed by atoms with van der Waals surface area (Å²) < 4.78 is 0. The number of carbonyl (C=O) groups is 1. The highest BCUT2D eigenvalue weighted by atomic mass is 16.1. The quantitative estimate of drug-likeness (QED) is 0.583. The van der Waals surface area contributed by atoms with Crippen molar-refractivity contribution in [1.29, 1.82) is 0 Å². The smallest absolute Gasteiger partial charge is 0.234 e. The first-order chi connectivity index (χ1) is 6.63. The van der Waals surface area contributed by atoms with Crippen LogP contribution >= 0.6 is 0 Å². The zero-order chi connectivity index (χ0) is 10.6. The fourth-order valence-corrected chi connectivity index (χ4v) is 1.23. The first-order valence-electron chi connectivity index (χ1n) is 4.44. The van der Waals surface area contributed by atoms with E-state index in [0.717, 1.165) is 5.56 Å². The maximum Gasteiger partial charge on any atom is 0.234 e. The number of amides is 1. The van der Waals surface area contributed by atoms with Crippen molar-refractivity contribution in [3.8, 4) is 0 Å². The minimum Gasteiger partial charge on any atom is -0.399 e. The van der Waals surface area contributed by atoms with E-state index in [1.807, 2.05) is 24.3 Å². The number of likely N-dealkylation sites (N-methyl/N-ethyl adjacent to an activating group) is 1. The first-order valence-corrected chi connectivity index (χ1v) is 4.44. The lowest BCUT2D eigenvalue weighted by molar-refractivity contribution is -0.119. The Balaban J connectivity index is 2.67. The van der Waals surface area contributed by atoms with Crippen LogP contribution in [0.2, 0.25) is 0 Å². The van der Waals surface area contributed by atoms with Crippen molar-refractivity contribution < 1.29 is 4.79 Å². The lowest BCUT2D eigenvalue weighted by Gasteiger charge is -2.11. The van der Waals surface area contributed by atoms with Gasteiger partial charge in [-0.15, -0.1) is 0 Å². The van der Waals surface area contributed by atoms with Crippen LogP contribution in [0.4, 0.5) is 5.69 Å². The number of nitrogens with two attached hydrogens (primary N) is 2. The molecule has 0 saturated carbocycles. The molecule has 1 amide bonds. The zero-order valence-electron chi connectivity index (χ0n) is 8.16. The van der Waals surface area contributed by atoms with E-state index in [9.17, 15) is 4.79 Å². The Hall–Kier alpha value is -1.55. The van der Waals surface area contributed by atoms with Crippen LogP contribution in [0, 0.1) is 0 Å². The second kappa shape index (κ2) is 4.62. The minimum absolute atomic E-state index is 0.321. The molecule has 0 aromatic heterocycles. The van der Waals surface area contributed by atoms with Crippen LogP contribution in [-0.4, -0.2) is 19.0 Å². The molecule has 0 saturated heterocycles. The van der Waals surface area contributed by atoms with Crippen LogP contribution in [0.5, 0.6) is 0 Å². The molecule has 14 heavy (non-hydrogen) atoms. The fourth-order valence-electron chi connectivity index (χ4n) is 1.23. The van der Waals surface area contributed by atoms with E-state index in [4.69, 9.17) is 11.5 Å². The molecule has 1 aromatic carbocycles. The topological polar surface area (TPSA) is 81.1 Å². The molecule has 0 spiro atoms. The summed E-state index contributed by atoms with van der Waals surface area (Å²) in [5.74, 6) is -0.343. The number of nitrogens with one attached hydrogen (secondary N) is 1. The molecule has 1 aromatic rings. The summed E-state index contributed by atoms with van der Waals surface area (Å²) in [4.78, 5) is 10.9. The van der Waals surface area contributed by atoms with Gasteiger partial charge in [-0.2, -0.15) is 0 Å². The third-order valence-electron chi connectivity index (χ3n) is 2.11. The average molecular weight is 193 g/mol. The van der Waals surface area contributed by atoms with Gasteiger partial charge in [-0.25, -0.2) is 0 Å². The Labute approximate surface area is 83.3 Å². The van der Waals surface area contributed by atoms with E-state index >= 15 is 0 Å². The van der Waals surface area contributed by atoms with Gasteiger partial charge in [0, 0.05) is 5.69 Å². The van der Waals surface area contributed by atoms with Crippen LogP contribution < -0.4 is 16.8 Å². The van der Waals surface area contributed by atoms with Gasteiger partial charge in [-0.3, -0.25) is 4.79 Å². The largest absolute Gasteiger partial charge is 0.399 e. The van der Waals surface area contributed by atoms with Gasteiger partial charge >= 0.3 is 0 Å². The molecule has 0 fully saturated rings. The highest BCUT2D eigenvalue weighted by Crippen LogP contribution is 2.07. The maximum atomic E-state index is 10.9. The molecular weight excluding hydrogens is 178 g/mol. The van der Waals surface area contributed by atoms with Crippen molar-refractivity contribution in [2.75, 3.05) is 12.8 Å². The molecule has 1 unspecified atom stereocenters. The van der Waals surface area contributed by atoms with E-state index in [2.05, 4.69) is 5.32 Å². The number of rotatable bonds is 4. The normalized spacial score (nSPS) is 12.4. The van der Waals surface area contributed by atoms with E-state index in [0.29, 0.717) is 12.1 Å². The number of nitrogen functional groups attached to an aromatic ring is 1. The van der Waals surface area contributed by atoms with Crippen molar-refractivity contribution in [1.82, 2.24) is 5.32 Å². The van der Waals surface area contributed by atoms with Crippen LogP contribution in [0.15, 0.2) is 24.3 Å². The predicted molar refractivity (Wildman–Crippen MR) is 56.6 cm³/mol. The maximum absolute atomic E-state index is 10.9. The SMILES string of the molecule is CNC(Cc1ccc(N)cc1)C(N)=O. The van der Waals surface area contributed by atoms with E-state index in [1.165, 1.54) is 0 Å². The Morgan fingerprint density at radius 2 is 2.00 bits per heavy atom. The highest BCUT2D eigenvalue weighted by Gasteiger charge is 2.12. The van der Waals surface area contributed by atoms with Gasteiger partial charge in [-0.05, 0) is 31.2 Å². The molecule has 0 aliphatic rings. The summed E-state index contributed by atoms with van der Waals surface area (Å²) in [6.45, 7) is 0. The third kappa shape index (κ3) is 2.74. The standard InChI is InChI=1S/C10H15N3O/c1-13-9(10(12)14)6-7-2-4-8(11)5-3-7/h2-5,9,13H,6,11H2,1H3,(H2,12,14). The Morgan fingerprint density at radius 1 is 1.43 bits per heavy atom. The average Bonchev–Trinajstić information content (AvgIpc) is 2.16. The van der Waals surface area contributed by atoms with Gasteiger partial charge in [0.2, 0.25) is 5.91 Å². The number of primary amides is 1. The number of anilines is 1. The first kappa shape index (κ1) is 10.5. The van der Waals surface area contributed by atoms with E-state index in [1.54, 1.807) is 7.05 Å². The molecule has 5 N–H and O–H groups in total. The lowest BCUT2D eigenvalue weighted by atomic mass is 10.1. The lowest BCUT2D eigenvalue weighted by Crippen LogP contribution is -2.40. The summed E-state index contributed by atoms with van der Waals surface area (Å²) in [6, 6.07) is 7.08. The minimum atomic E-state index is -0.343. The monoisotopic (exact) mass is 193 g/mol. The van der Waals surface area contributed by atoms with Gasteiger partial charge in [-0.1, -0.05) is 12.1 Å². The van der Waals surface area contributed by atoms with Crippen LogP contribution in [0.3, 0.4) is 0 Å². The van der Waals surface area contributed by atoms with Gasteiger partial charge in [0.15, 0.2) is 0 Å². The molecule has 4 nitrogen and oxygen atoms in total. The van der Waals surface area contributed by atoms with Gasteiger partial charge < -0.3 is 16.8 Å². The molecular formula is C10H15N3O. The number of hydrogen-bond donors (Lipinski definition) is 3. The van der Waals surface area contributed by atoms with Crippen molar-refractivity contribution in [3.63, 3.8) is 0 Å². The number of carbonyl (C=O) groups excluding carboxylic acids is 1. The summed E-state index contributed by atoms with van der Waals surface area (Å²) in [5.41, 5.74) is 12.5. The number of hydrogen-bond acceptors (Lipinski definition) is 3. The highest BCUT2D eigenvalue weighted by molar-refractivity contribution is 5.80. The molecule has 4 heteroatoms. The molecule has 0 bridgehead atoms. The molecule has 76 valence electrons. The molecule has 1 atom stereocenters. The fraction of sp³-hybridized carbons (Fsp3) is 0.300. The molecule has 1 rings (SSSR count). The number of benzene rings is 1. The summed E-state index contributed by atoms with van der Waals surface area (Å²) in [6.07, 6.45) is 0.589. The summed E-state index contributed by atoms with van der Waals surface area (Å²) in [7, 11) is 1.72. The molecule has 0 heterocycles. The van der Waals surface area contributed by atoms with Crippen molar-refractivity contribution in [3.05, 3.63) is 29.8 Å². The van der Waals surface area contributed by atoms with Crippen molar-refractivity contribution in [2.45, 2.75) is 12.5 Å². The van der Waals surface area contributed by atoms with E-state index in [-0.39, 0.29) is 11.9 Å². The second-order valence-electron chi connectivity index (χ2n) is 3.19. The predicted octanol–water partition coefficient (Wildman–Crippen LogP) is -0.115.